The Labute approximate surface area is 124 Å². The van der Waals surface area contributed by atoms with Crippen LogP contribution >= 0.6 is 0 Å². The zero-order valence-electron chi connectivity index (χ0n) is 13.2. The van der Waals surface area contributed by atoms with E-state index in [1.807, 2.05) is 0 Å². The molecule has 0 aliphatic heterocycles. The van der Waals surface area contributed by atoms with Crippen LogP contribution in [0.3, 0.4) is 0 Å². The van der Waals surface area contributed by atoms with Gasteiger partial charge in [-0.3, -0.25) is 0 Å². The van der Waals surface area contributed by atoms with Gasteiger partial charge in [0.1, 0.15) is 0 Å². The maximum atomic E-state index is 8.94. The average molecular weight is 277 g/mol. The summed E-state index contributed by atoms with van der Waals surface area (Å²) in [7, 11) is 0. The molecule has 2 rings (SSSR count). The molecule has 2 saturated carbocycles. The number of ether oxygens (including phenoxy) is 1. The third kappa shape index (κ3) is 5.09. The highest BCUT2D eigenvalue weighted by Gasteiger charge is 2.24. The Morgan fingerprint density at radius 1 is 0.850 bits per heavy atom. The lowest BCUT2D eigenvalue weighted by atomic mass is 9.76. The minimum Gasteiger partial charge on any atom is -0.381 e. The molecule has 0 amide bonds. The monoisotopic (exact) mass is 277 g/mol. The van der Waals surface area contributed by atoms with Gasteiger partial charge in [0.15, 0.2) is 0 Å². The second-order valence-corrected chi connectivity index (χ2v) is 6.97. The molecular weight excluding hydrogens is 246 g/mol. The van der Waals surface area contributed by atoms with Crippen LogP contribution in [0.1, 0.15) is 71.1 Å². The molecule has 20 heavy (non-hydrogen) atoms. The van der Waals surface area contributed by atoms with Crippen LogP contribution in [0.25, 0.3) is 0 Å². The van der Waals surface area contributed by atoms with E-state index < -0.39 is 0 Å². The van der Waals surface area contributed by atoms with Gasteiger partial charge in [0.2, 0.25) is 0 Å². The Balaban J connectivity index is 1.56. The molecule has 0 spiro atoms. The summed E-state index contributed by atoms with van der Waals surface area (Å²) in [5, 5.41) is 8.94. The standard InChI is InChI=1S/C18H31NO/c1-2-20-14-18-11-7-16(8-12-18)4-3-15-5-9-17(13-19)10-6-15/h15-18H,2-12,14H2,1H3/t15-,16-,17-,18-. The van der Waals surface area contributed by atoms with E-state index in [0.717, 1.165) is 43.8 Å². The minimum atomic E-state index is 0.361. The first-order valence-corrected chi connectivity index (χ1v) is 8.79. The Bertz CT molecular complexity index is 293. The molecule has 114 valence electrons. The van der Waals surface area contributed by atoms with Crippen LogP contribution in [-0.4, -0.2) is 13.2 Å². The molecule has 2 heteroatoms. The molecule has 2 aliphatic rings. The van der Waals surface area contributed by atoms with Gasteiger partial charge in [0, 0.05) is 19.1 Å². The fourth-order valence-electron chi connectivity index (χ4n) is 4.02. The van der Waals surface area contributed by atoms with Crippen molar-refractivity contribution in [2.45, 2.75) is 71.1 Å². The van der Waals surface area contributed by atoms with Gasteiger partial charge in [0.25, 0.3) is 0 Å². The number of hydrogen-bond acceptors (Lipinski definition) is 2. The van der Waals surface area contributed by atoms with Crippen molar-refractivity contribution < 1.29 is 4.74 Å². The molecule has 0 heterocycles. The zero-order chi connectivity index (χ0) is 14.2. The normalized spacial score (nSPS) is 34.6. The fraction of sp³-hybridized carbons (Fsp3) is 0.944. The summed E-state index contributed by atoms with van der Waals surface area (Å²) < 4.78 is 5.56. The largest absolute Gasteiger partial charge is 0.381 e. The first kappa shape index (κ1) is 15.8. The molecule has 0 aromatic carbocycles. The van der Waals surface area contributed by atoms with E-state index >= 15 is 0 Å². The lowest BCUT2D eigenvalue weighted by Gasteiger charge is -2.30. The van der Waals surface area contributed by atoms with E-state index in [9.17, 15) is 0 Å². The van der Waals surface area contributed by atoms with Crippen LogP contribution < -0.4 is 0 Å². The third-order valence-electron chi connectivity index (χ3n) is 5.54. The molecule has 0 aromatic rings. The van der Waals surface area contributed by atoms with Gasteiger partial charge in [-0.2, -0.15) is 5.26 Å². The van der Waals surface area contributed by atoms with Gasteiger partial charge in [-0.1, -0.05) is 25.7 Å². The second kappa shape index (κ2) is 8.67. The molecule has 2 nitrogen and oxygen atoms in total. The topological polar surface area (TPSA) is 33.0 Å². The van der Waals surface area contributed by atoms with E-state index in [0.29, 0.717) is 5.92 Å². The molecule has 0 unspecified atom stereocenters. The SMILES string of the molecule is CCOC[C@H]1CC[C@H](CC[C@H]2CC[C@H](C#N)CC2)CC1. The highest BCUT2D eigenvalue weighted by Crippen LogP contribution is 2.36. The van der Waals surface area contributed by atoms with Gasteiger partial charge in [-0.25, -0.2) is 0 Å². The summed E-state index contributed by atoms with van der Waals surface area (Å²) in [4.78, 5) is 0. The van der Waals surface area contributed by atoms with Gasteiger partial charge >= 0.3 is 0 Å². The number of nitrogens with zero attached hydrogens (tertiary/aromatic N) is 1. The molecule has 0 N–H and O–H groups in total. The second-order valence-electron chi connectivity index (χ2n) is 6.97. The quantitative estimate of drug-likeness (QED) is 0.689. The number of hydrogen-bond donors (Lipinski definition) is 0. The van der Waals surface area contributed by atoms with Crippen molar-refractivity contribution in [2.24, 2.45) is 23.7 Å². The predicted molar refractivity (Wildman–Crippen MR) is 82.2 cm³/mol. The lowest BCUT2D eigenvalue weighted by Crippen LogP contribution is -2.20. The Hall–Kier alpha value is -0.550. The van der Waals surface area contributed by atoms with Crippen LogP contribution in [0.2, 0.25) is 0 Å². The van der Waals surface area contributed by atoms with Crippen molar-refractivity contribution in [3.05, 3.63) is 0 Å². The lowest BCUT2D eigenvalue weighted by molar-refractivity contribution is 0.0844. The van der Waals surface area contributed by atoms with Crippen LogP contribution in [0.15, 0.2) is 0 Å². The maximum absolute atomic E-state index is 8.94. The molecule has 2 aliphatic carbocycles. The summed E-state index contributed by atoms with van der Waals surface area (Å²) >= 11 is 0. The molecule has 2 fully saturated rings. The number of nitriles is 1. The third-order valence-corrected chi connectivity index (χ3v) is 5.54. The minimum absolute atomic E-state index is 0.361. The summed E-state index contributed by atoms with van der Waals surface area (Å²) in [6, 6.07) is 2.44. The zero-order valence-corrected chi connectivity index (χ0v) is 13.2. The predicted octanol–water partition coefficient (Wildman–Crippen LogP) is 4.94. The molecule has 0 aromatic heterocycles. The van der Waals surface area contributed by atoms with E-state index in [-0.39, 0.29) is 0 Å². The average Bonchev–Trinajstić information content (AvgIpc) is 2.52. The highest BCUT2D eigenvalue weighted by molar-refractivity contribution is 4.87. The van der Waals surface area contributed by atoms with E-state index in [1.165, 1.54) is 51.4 Å². The summed E-state index contributed by atoms with van der Waals surface area (Å²) in [6.07, 6.45) is 13.4. The summed E-state index contributed by atoms with van der Waals surface area (Å²) in [5.41, 5.74) is 0. The summed E-state index contributed by atoms with van der Waals surface area (Å²) in [6.45, 7) is 3.94. The van der Waals surface area contributed by atoms with Gasteiger partial charge in [0.05, 0.1) is 6.07 Å². The van der Waals surface area contributed by atoms with E-state index in [4.69, 9.17) is 10.00 Å². The molecular formula is C18H31NO. The Morgan fingerprint density at radius 2 is 1.35 bits per heavy atom. The molecule has 0 radical (unpaired) electrons. The van der Waals surface area contributed by atoms with E-state index in [1.54, 1.807) is 0 Å². The van der Waals surface area contributed by atoms with Crippen molar-refractivity contribution in [1.82, 2.24) is 0 Å². The Kier molecular flexibility index (Phi) is 6.87. The van der Waals surface area contributed by atoms with Crippen molar-refractivity contribution in [3.8, 4) is 6.07 Å². The highest BCUT2D eigenvalue weighted by atomic mass is 16.5. The van der Waals surface area contributed by atoms with E-state index in [2.05, 4.69) is 13.0 Å². The molecule has 0 atom stereocenters. The van der Waals surface area contributed by atoms with Crippen LogP contribution in [-0.2, 0) is 4.74 Å². The van der Waals surface area contributed by atoms with Crippen LogP contribution in [0.4, 0.5) is 0 Å². The van der Waals surface area contributed by atoms with Crippen molar-refractivity contribution >= 4 is 0 Å². The van der Waals surface area contributed by atoms with Gasteiger partial charge in [-0.05, 0) is 63.2 Å². The van der Waals surface area contributed by atoms with Crippen molar-refractivity contribution in [3.63, 3.8) is 0 Å². The first-order valence-electron chi connectivity index (χ1n) is 8.79. The fourth-order valence-corrected chi connectivity index (χ4v) is 4.02. The number of rotatable bonds is 6. The molecule has 0 bridgehead atoms. The maximum Gasteiger partial charge on any atom is 0.0655 e. The summed E-state index contributed by atoms with van der Waals surface area (Å²) in [5.74, 6) is 3.08. The Morgan fingerprint density at radius 3 is 1.85 bits per heavy atom. The smallest absolute Gasteiger partial charge is 0.0655 e. The van der Waals surface area contributed by atoms with Crippen LogP contribution in [0, 0.1) is 35.0 Å². The van der Waals surface area contributed by atoms with Gasteiger partial charge in [-0.15, -0.1) is 0 Å². The van der Waals surface area contributed by atoms with Crippen molar-refractivity contribution in [1.29, 1.82) is 5.26 Å². The molecule has 0 saturated heterocycles. The van der Waals surface area contributed by atoms with Crippen molar-refractivity contribution in [2.75, 3.05) is 13.2 Å². The van der Waals surface area contributed by atoms with Crippen LogP contribution in [0.5, 0.6) is 0 Å². The van der Waals surface area contributed by atoms with Gasteiger partial charge < -0.3 is 4.74 Å². The first-order chi connectivity index (χ1) is 9.81.